The van der Waals surface area contributed by atoms with Crippen LogP contribution in [0.3, 0.4) is 0 Å². The van der Waals surface area contributed by atoms with Gasteiger partial charge in [-0.05, 0) is 42.7 Å². The second-order valence-corrected chi connectivity index (χ2v) is 8.56. The topological polar surface area (TPSA) is 46.5 Å². The predicted molar refractivity (Wildman–Crippen MR) is 109 cm³/mol. The van der Waals surface area contributed by atoms with Gasteiger partial charge < -0.3 is 9.42 Å². The van der Waals surface area contributed by atoms with Crippen molar-refractivity contribution < 1.29 is 14.0 Å². The Kier molecular flexibility index (Phi) is 8.94. The van der Waals surface area contributed by atoms with Crippen LogP contribution in [0.15, 0.2) is 54.6 Å². The molecule has 0 aliphatic heterocycles. The van der Waals surface area contributed by atoms with Crippen LogP contribution in [0, 0.1) is 0 Å². The molecule has 0 aromatic heterocycles. The van der Waals surface area contributed by atoms with Gasteiger partial charge in [0.15, 0.2) is 0 Å². The van der Waals surface area contributed by atoms with Crippen molar-refractivity contribution in [2.24, 2.45) is 0 Å². The van der Waals surface area contributed by atoms with E-state index < -0.39 is 7.60 Å². The van der Waals surface area contributed by atoms with Gasteiger partial charge in [0, 0.05) is 0 Å². The first kappa shape index (κ1) is 20.7. The van der Waals surface area contributed by atoms with Crippen LogP contribution in [-0.4, -0.2) is 4.89 Å². The first-order valence-corrected chi connectivity index (χ1v) is 11.4. The molecule has 3 nitrogen and oxygen atoms in total. The molecule has 2 rings (SSSR count). The molecule has 0 aliphatic carbocycles. The lowest BCUT2D eigenvalue weighted by molar-refractivity contribution is 0.393. The van der Waals surface area contributed by atoms with E-state index in [4.69, 9.17) is 4.52 Å². The summed E-state index contributed by atoms with van der Waals surface area (Å²) in [6.07, 6.45) is 11.5. The molecule has 0 saturated heterocycles. The maximum absolute atomic E-state index is 12.4. The van der Waals surface area contributed by atoms with E-state index >= 15 is 0 Å². The highest BCUT2D eigenvalue weighted by Gasteiger charge is 2.24. The lowest BCUT2D eigenvalue weighted by Gasteiger charge is -2.14. The Morgan fingerprint density at radius 1 is 0.808 bits per heavy atom. The molecule has 0 heterocycles. The van der Waals surface area contributed by atoms with Crippen molar-refractivity contribution in [2.45, 2.75) is 64.7 Å². The van der Waals surface area contributed by atoms with E-state index in [9.17, 15) is 9.46 Å². The summed E-state index contributed by atoms with van der Waals surface area (Å²) in [7, 11) is -3.84. The molecule has 0 bridgehead atoms. The van der Waals surface area contributed by atoms with Crippen molar-refractivity contribution in [3.8, 4) is 5.75 Å². The van der Waals surface area contributed by atoms with E-state index in [1.54, 1.807) is 36.4 Å². The zero-order valence-electron chi connectivity index (χ0n) is 15.8. The number of rotatable bonds is 12. The second kappa shape index (κ2) is 11.2. The lowest BCUT2D eigenvalue weighted by Crippen LogP contribution is -2.09. The van der Waals surface area contributed by atoms with Gasteiger partial charge in [0.05, 0.1) is 5.30 Å². The Balaban J connectivity index is 1.74. The Bertz CT molecular complexity index is 668. The van der Waals surface area contributed by atoms with Gasteiger partial charge in [-0.15, -0.1) is 0 Å². The van der Waals surface area contributed by atoms with Crippen LogP contribution in [0.25, 0.3) is 0 Å². The molecule has 0 radical (unpaired) electrons. The summed E-state index contributed by atoms with van der Waals surface area (Å²) in [5.41, 5.74) is 1.21. The largest absolute Gasteiger partial charge is 0.421 e. The van der Waals surface area contributed by atoms with Crippen molar-refractivity contribution in [3.63, 3.8) is 0 Å². The van der Waals surface area contributed by atoms with Crippen LogP contribution >= 0.6 is 7.60 Å². The number of aryl methyl sites for hydroxylation is 1. The van der Waals surface area contributed by atoms with E-state index in [0.29, 0.717) is 11.1 Å². The smallest absolute Gasteiger partial charge is 0.408 e. The fraction of sp³-hybridized carbons (Fsp3) is 0.455. The third-order valence-electron chi connectivity index (χ3n) is 4.55. The second-order valence-electron chi connectivity index (χ2n) is 6.82. The molecule has 0 fully saturated rings. The van der Waals surface area contributed by atoms with Crippen LogP contribution < -0.4 is 9.83 Å². The van der Waals surface area contributed by atoms with Gasteiger partial charge in [-0.2, -0.15) is 0 Å². The highest BCUT2D eigenvalue weighted by Crippen LogP contribution is 2.41. The molecule has 1 atom stereocenters. The van der Waals surface area contributed by atoms with Crippen molar-refractivity contribution in [3.05, 3.63) is 60.2 Å². The van der Waals surface area contributed by atoms with Crippen molar-refractivity contribution in [1.29, 1.82) is 0 Å². The van der Waals surface area contributed by atoms with Crippen molar-refractivity contribution in [1.82, 2.24) is 0 Å². The fourth-order valence-corrected chi connectivity index (χ4v) is 4.03. The summed E-state index contributed by atoms with van der Waals surface area (Å²) >= 11 is 0. The first-order valence-electron chi connectivity index (χ1n) is 9.79. The van der Waals surface area contributed by atoms with E-state index in [1.165, 1.54) is 56.9 Å². The summed E-state index contributed by atoms with van der Waals surface area (Å²) in [5.74, 6) is 0.404. The highest BCUT2D eigenvalue weighted by molar-refractivity contribution is 7.61. The Labute approximate surface area is 158 Å². The molecule has 142 valence electrons. The van der Waals surface area contributed by atoms with Gasteiger partial charge in [0.1, 0.15) is 5.75 Å². The minimum absolute atomic E-state index is 0.334. The molecule has 0 amide bonds. The molecule has 1 N–H and O–H groups in total. The Morgan fingerprint density at radius 2 is 1.38 bits per heavy atom. The zero-order valence-corrected chi connectivity index (χ0v) is 16.7. The number of para-hydroxylation sites is 1. The molecular formula is C22H31O3P. The highest BCUT2D eigenvalue weighted by atomic mass is 31.2. The summed E-state index contributed by atoms with van der Waals surface area (Å²) in [4.78, 5) is 10.2. The molecule has 0 saturated carbocycles. The quantitative estimate of drug-likeness (QED) is 0.352. The first-order chi connectivity index (χ1) is 12.6. The summed E-state index contributed by atoms with van der Waals surface area (Å²) in [6.45, 7) is 2.24. The predicted octanol–water partition coefficient (Wildman–Crippen LogP) is 6.26. The minimum atomic E-state index is -3.84. The van der Waals surface area contributed by atoms with E-state index in [0.717, 1.165) is 6.42 Å². The van der Waals surface area contributed by atoms with E-state index in [1.807, 2.05) is 18.2 Å². The van der Waals surface area contributed by atoms with E-state index in [2.05, 4.69) is 6.92 Å². The number of hydrogen-bond donors (Lipinski definition) is 1. The standard InChI is InChI=1S/C22H31O3P/c1-2-3-4-5-6-7-8-10-13-20-16-18-22(19-17-20)26(23,24)25-21-14-11-9-12-15-21/h9,11-12,14-19H,2-8,10,13H2,1H3,(H,23,24). The van der Waals surface area contributed by atoms with Gasteiger partial charge in [-0.25, -0.2) is 4.57 Å². The summed E-state index contributed by atoms with van der Waals surface area (Å²) in [5, 5.41) is 0.334. The van der Waals surface area contributed by atoms with Crippen LogP contribution in [0.1, 0.15) is 63.9 Å². The van der Waals surface area contributed by atoms with Gasteiger partial charge in [-0.3, -0.25) is 0 Å². The molecule has 2 aromatic carbocycles. The third-order valence-corrected chi connectivity index (χ3v) is 5.96. The molecule has 0 aliphatic rings. The fourth-order valence-electron chi connectivity index (χ4n) is 2.99. The number of unbranched alkanes of at least 4 members (excludes halogenated alkanes) is 7. The third kappa shape index (κ3) is 7.35. The van der Waals surface area contributed by atoms with Gasteiger partial charge in [0.2, 0.25) is 0 Å². The number of hydrogen-bond acceptors (Lipinski definition) is 2. The van der Waals surface area contributed by atoms with Gasteiger partial charge in [0.25, 0.3) is 0 Å². The average Bonchev–Trinajstić information content (AvgIpc) is 2.65. The Hall–Kier alpha value is -1.57. The molecular weight excluding hydrogens is 343 g/mol. The summed E-state index contributed by atoms with van der Waals surface area (Å²) < 4.78 is 17.7. The van der Waals surface area contributed by atoms with Crippen LogP contribution in [0.2, 0.25) is 0 Å². The summed E-state index contributed by atoms with van der Waals surface area (Å²) in [6, 6.07) is 16.1. The average molecular weight is 374 g/mol. The van der Waals surface area contributed by atoms with E-state index in [-0.39, 0.29) is 0 Å². The van der Waals surface area contributed by atoms with Gasteiger partial charge in [-0.1, -0.05) is 82.2 Å². The lowest BCUT2D eigenvalue weighted by atomic mass is 10.0. The maximum atomic E-state index is 12.4. The number of benzene rings is 2. The maximum Gasteiger partial charge on any atom is 0.408 e. The molecule has 2 aromatic rings. The minimum Gasteiger partial charge on any atom is -0.421 e. The monoisotopic (exact) mass is 374 g/mol. The van der Waals surface area contributed by atoms with Crippen LogP contribution in [0.5, 0.6) is 5.75 Å². The van der Waals surface area contributed by atoms with Crippen LogP contribution in [-0.2, 0) is 11.0 Å². The van der Waals surface area contributed by atoms with Crippen molar-refractivity contribution in [2.75, 3.05) is 0 Å². The normalized spacial score (nSPS) is 13.3. The molecule has 26 heavy (non-hydrogen) atoms. The SMILES string of the molecule is CCCCCCCCCCc1ccc(P(=O)(O)Oc2ccccc2)cc1. The Morgan fingerprint density at radius 3 is 2.00 bits per heavy atom. The zero-order chi connectivity index (χ0) is 18.7. The van der Waals surface area contributed by atoms with Crippen LogP contribution in [0.4, 0.5) is 0 Å². The molecule has 1 unspecified atom stereocenters. The molecule has 0 spiro atoms. The van der Waals surface area contributed by atoms with Gasteiger partial charge >= 0.3 is 7.60 Å². The molecule has 4 heteroatoms. The van der Waals surface area contributed by atoms with Crippen molar-refractivity contribution >= 4 is 12.9 Å².